The average molecular weight is 299 g/mol. The van der Waals surface area contributed by atoms with Crippen LogP contribution in [0.4, 0.5) is 0 Å². The number of ether oxygens (including phenoxy) is 1. The van der Waals surface area contributed by atoms with Crippen LogP contribution < -0.4 is 10.1 Å². The van der Waals surface area contributed by atoms with Gasteiger partial charge in [-0.1, -0.05) is 26.2 Å². The van der Waals surface area contributed by atoms with E-state index in [9.17, 15) is 5.11 Å². The molecule has 0 bridgehead atoms. The number of hydrogen-bond donors (Lipinski definition) is 2. The Bertz CT molecular complexity index is 353. The molecule has 1 atom stereocenters. The number of nitrogens with zero attached hydrogens (tertiary/aromatic N) is 2. The van der Waals surface area contributed by atoms with Gasteiger partial charge in [-0.3, -0.25) is 0 Å². The largest absolute Gasteiger partial charge is 0.473 e. The van der Waals surface area contributed by atoms with Crippen LogP contribution in [0.25, 0.3) is 0 Å². The first kappa shape index (κ1) is 15.7. The minimum atomic E-state index is -0.497. The van der Waals surface area contributed by atoms with E-state index in [1.54, 1.807) is 6.20 Å². The molecule has 6 heteroatoms. The average Bonchev–Trinajstić information content (AvgIpc) is 2.99. The highest BCUT2D eigenvalue weighted by Crippen LogP contribution is 2.29. The molecular weight excluding hydrogens is 274 g/mol. The fraction of sp³-hybridized carbons (Fsp3) is 0.857. The summed E-state index contributed by atoms with van der Waals surface area (Å²) in [5, 5.41) is 13.2. The molecule has 1 fully saturated rings. The Labute approximate surface area is 125 Å². The highest BCUT2D eigenvalue weighted by molar-refractivity contribution is 6.99. The van der Waals surface area contributed by atoms with Gasteiger partial charge in [0.1, 0.15) is 18.9 Å². The molecule has 1 unspecified atom stereocenters. The van der Waals surface area contributed by atoms with Crippen molar-refractivity contribution in [2.45, 2.75) is 45.1 Å². The van der Waals surface area contributed by atoms with Crippen LogP contribution in [-0.4, -0.2) is 39.7 Å². The zero-order chi connectivity index (χ0) is 14.2. The maximum absolute atomic E-state index is 9.83. The summed E-state index contributed by atoms with van der Waals surface area (Å²) in [6.07, 6.45) is 7.77. The molecule has 20 heavy (non-hydrogen) atoms. The minimum Gasteiger partial charge on any atom is -0.473 e. The fourth-order valence-electron chi connectivity index (χ4n) is 2.76. The Morgan fingerprint density at radius 2 is 2.15 bits per heavy atom. The first-order valence-electron chi connectivity index (χ1n) is 7.57. The van der Waals surface area contributed by atoms with E-state index < -0.39 is 6.10 Å². The standard InChI is InChI=1S/C14H25N3O2S/c1-2-11-3-5-12(6-4-11)7-15-8-13(18)10-19-14-9-16-20-17-14/h9,11-13,15,18H,2-8,10H2,1H3. The summed E-state index contributed by atoms with van der Waals surface area (Å²) in [6.45, 7) is 4.13. The van der Waals surface area contributed by atoms with Gasteiger partial charge in [-0.15, -0.1) is 4.37 Å². The molecule has 0 saturated heterocycles. The van der Waals surface area contributed by atoms with Crippen molar-refractivity contribution in [2.75, 3.05) is 19.7 Å². The summed E-state index contributed by atoms with van der Waals surface area (Å²) in [5.74, 6) is 2.21. The molecule has 1 aromatic rings. The molecule has 0 aromatic carbocycles. The Morgan fingerprint density at radius 1 is 1.40 bits per heavy atom. The van der Waals surface area contributed by atoms with Crippen LogP contribution in [0, 0.1) is 11.8 Å². The summed E-state index contributed by atoms with van der Waals surface area (Å²) in [4.78, 5) is 0. The molecule has 114 valence electrons. The smallest absolute Gasteiger partial charge is 0.245 e. The normalized spacial score (nSPS) is 24.5. The zero-order valence-electron chi connectivity index (χ0n) is 12.1. The van der Waals surface area contributed by atoms with Crippen LogP contribution >= 0.6 is 11.7 Å². The van der Waals surface area contributed by atoms with Crippen LogP contribution in [-0.2, 0) is 0 Å². The fourth-order valence-corrected chi connectivity index (χ4v) is 3.12. The quantitative estimate of drug-likeness (QED) is 0.769. The monoisotopic (exact) mass is 299 g/mol. The van der Waals surface area contributed by atoms with E-state index >= 15 is 0 Å². The number of aliphatic hydroxyl groups excluding tert-OH is 1. The van der Waals surface area contributed by atoms with Gasteiger partial charge in [-0.25, -0.2) is 0 Å². The predicted octanol–water partition coefficient (Wildman–Crippen LogP) is 2.08. The number of aromatic nitrogens is 2. The highest BCUT2D eigenvalue weighted by Gasteiger charge is 2.19. The van der Waals surface area contributed by atoms with Gasteiger partial charge in [0.15, 0.2) is 0 Å². The molecular formula is C14H25N3O2S. The summed E-state index contributed by atoms with van der Waals surface area (Å²) in [5.41, 5.74) is 0. The van der Waals surface area contributed by atoms with Crippen LogP contribution in [0.2, 0.25) is 0 Å². The molecule has 5 nitrogen and oxygen atoms in total. The molecule has 1 aliphatic rings. The SMILES string of the molecule is CCC1CCC(CNCC(O)COc2cnsn2)CC1. The van der Waals surface area contributed by atoms with E-state index in [0.717, 1.165) is 30.1 Å². The summed E-state index contributed by atoms with van der Waals surface area (Å²) in [7, 11) is 0. The van der Waals surface area contributed by atoms with Crippen molar-refractivity contribution in [3.8, 4) is 5.88 Å². The molecule has 0 radical (unpaired) electrons. The van der Waals surface area contributed by atoms with Gasteiger partial charge in [-0.05, 0) is 31.2 Å². The van der Waals surface area contributed by atoms with Crippen LogP contribution in [0.5, 0.6) is 5.88 Å². The second-order valence-corrected chi connectivity index (χ2v) is 6.22. The second-order valence-electron chi connectivity index (χ2n) is 5.66. The van der Waals surface area contributed by atoms with Gasteiger partial charge in [0, 0.05) is 6.54 Å². The van der Waals surface area contributed by atoms with Crippen molar-refractivity contribution >= 4 is 11.7 Å². The van der Waals surface area contributed by atoms with Gasteiger partial charge >= 0.3 is 0 Å². The van der Waals surface area contributed by atoms with Crippen molar-refractivity contribution in [1.29, 1.82) is 0 Å². The lowest BCUT2D eigenvalue weighted by atomic mass is 9.81. The third kappa shape index (κ3) is 5.34. The van der Waals surface area contributed by atoms with Crippen LogP contribution in [0.1, 0.15) is 39.0 Å². The minimum absolute atomic E-state index is 0.265. The predicted molar refractivity (Wildman–Crippen MR) is 80.0 cm³/mol. The molecule has 1 aliphatic carbocycles. The van der Waals surface area contributed by atoms with E-state index in [1.165, 1.54) is 32.1 Å². The molecule has 0 amide bonds. The Hall–Kier alpha value is -0.720. The van der Waals surface area contributed by atoms with Crippen molar-refractivity contribution in [3.63, 3.8) is 0 Å². The molecule has 0 spiro atoms. The molecule has 1 saturated carbocycles. The molecule has 1 heterocycles. The lowest BCUT2D eigenvalue weighted by Gasteiger charge is -2.28. The Kier molecular flexibility index (Phi) is 6.69. The van der Waals surface area contributed by atoms with E-state index in [4.69, 9.17) is 4.74 Å². The summed E-state index contributed by atoms with van der Waals surface area (Å²) >= 11 is 1.11. The highest BCUT2D eigenvalue weighted by atomic mass is 32.1. The lowest BCUT2D eigenvalue weighted by molar-refractivity contribution is 0.102. The van der Waals surface area contributed by atoms with Gasteiger partial charge < -0.3 is 15.2 Å². The Balaban J connectivity index is 1.52. The van der Waals surface area contributed by atoms with Gasteiger partial charge in [0.2, 0.25) is 5.88 Å². The Morgan fingerprint density at radius 3 is 2.80 bits per heavy atom. The zero-order valence-corrected chi connectivity index (χ0v) is 12.9. The van der Waals surface area contributed by atoms with Crippen LogP contribution in [0.3, 0.4) is 0 Å². The van der Waals surface area contributed by atoms with E-state index in [0.29, 0.717) is 12.4 Å². The second kappa shape index (κ2) is 8.54. The first-order chi connectivity index (χ1) is 9.78. The summed E-state index contributed by atoms with van der Waals surface area (Å²) < 4.78 is 13.1. The molecule has 2 rings (SSSR count). The van der Waals surface area contributed by atoms with E-state index in [-0.39, 0.29) is 6.61 Å². The topological polar surface area (TPSA) is 67.3 Å². The molecule has 1 aromatic heterocycles. The van der Waals surface area contributed by atoms with Gasteiger partial charge in [-0.2, -0.15) is 4.37 Å². The van der Waals surface area contributed by atoms with Crippen molar-refractivity contribution in [2.24, 2.45) is 11.8 Å². The van der Waals surface area contributed by atoms with Crippen molar-refractivity contribution in [1.82, 2.24) is 14.1 Å². The van der Waals surface area contributed by atoms with Crippen molar-refractivity contribution in [3.05, 3.63) is 6.20 Å². The van der Waals surface area contributed by atoms with Gasteiger partial charge in [0.25, 0.3) is 0 Å². The maximum atomic E-state index is 9.83. The lowest BCUT2D eigenvalue weighted by Crippen LogP contribution is -2.35. The molecule has 0 aliphatic heterocycles. The third-order valence-corrected chi connectivity index (χ3v) is 4.58. The van der Waals surface area contributed by atoms with Crippen LogP contribution in [0.15, 0.2) is 6.20 Å². The third-order valence-electron chi connectivity index (χ3n) is 4.12. The number of aliphatic hydroxyl groups is 1. The number of nitrogens with one attached hydrogen (secondary N) is 1. The summed E-state index contributed by atoms with van der Waals surface area (Å²) in [6, 6.07) is 0. The van der Waals surface area contributed by atoms with E-state index in [1.807, 2.05) is 0 Å². The number of hydrogen-bond acceptors (Lipinski definition) is 6. The number of rotatable bonds is 8. The van der Waals surface area contributed by atoms with Crippen molar-refractivity contribution < 1.29 is 9.84 Å². The van der Waals surface area contributed by atoms with Gasteiger partial charge in [0.05, 0.1) is 11.7 Å². The van der Waals surface area contributed by atoms with E-state index in [2.05, 4.69) is 21.0 Å². The first-order valence-corrected chi connectivity index (χ1v) is 8.30. The molecule has 2 N–H and O–H groups in total. The maximum Gasteiger partial charge on any atom is 0.245 e.